The van der Waals surface area contributed by atoms with Gasteiger partial charge in [0.2, 0.25) is 5.91 Å². The molecule has 30 heavy (non-hydrogen) atoms. The Morgan fingerprint density at radius 2 is 1.87 bits per heavy atom. The number of nitrogens with one attached hydrogen (secondary N) is 1. The van der Waals surface area contributed by atoms with Crippen LogP contribution in [-0.4, -0.2) is 65.0 Å². The normalized spacial score (nSPS) is 15.0. The zero-order valence-electron chi connectivity index (χ0n) is 17.6. The number of amides is 1. The van der Waals surface area contributed by atoms with Crippen molar-refractivity contribution in [1.29, 1.82) is 0 Å². The quantitative estimate of drug-likeness (QED) is 0.681. The number of aromatic nitrogens is 3. The minimum Gasteiger partial charge on any atom is -0.355 e. The Hall–Kier alpha value is -3.06. The minimum atomic E-state index is 0.100. The highest BCUT2D eigenvalue weighted by atomic mass is 16.2. The molecule has 1 saturated heterocycles. The number of carbonyl (C=O) groups is 1. The van der Waals surface area contributed by atoms with Crippen LogP contribution in [0.2, 0.25) is 0 Å². The van der Waals surface area contributed by atoms with E-state index in [1.807, 2.05) is 30.3 Å². The summed E-state index contributed by atoms with van der Waals surface area (Å²) in [7, 11) is 0. The van der Waals surface area contributed by atoms with Gasteiger partial charge in [-0.25, -0.2) is 9.97 Å². The molecule has 0 aliphatic carbocycles. The first-order valence-electron chi connectivity index (χ1n) is 10.5. The van der Waals surface area contributed by atoms with Crippen LogP contribution in [0.1, 0.15) is 13.8 Å². The first-order chi connectivity index (χ1) is 14.6. The topological polar surface area (TPSA) is 74.2 Å². The van der Waals surface area contributed by atoms with Gasteiger partial charge in [0.15, 0.2) is 5.82 Å². The Balaban J connectivity index is 1.51. The first-order valence-corrected chi connectivity index (χ1v) is 10.5. The maximum atomic E-state index is 12.2. The molecule has 0 spiro atoms. The summed E-state index contributed by atoms with van der Waals surface area (Å²) in [5.74, 6) is 2.20. The second-order valence-electron chi connectivity index (χ2n) is 8.09. The lowest BCUT2D eigenvalue weighted by atomic mass is 10.2. The molecular formula is C23H28N6O. The van der Waals surface area contributed by atoms with E-state index in [0.717, 1.165) is 55.0 Å². The standard InChI is InChI=1S/C23H28N6O/c1-17(2)14-25-21(30)16-28-10-12-29(13-11-28)23-19-7-3-4-8-20(19)26-22(27-23)18-6-5-9-24-15-18/h3-9,15,17H,10-14,16H2,1-2H3,(H,25,30). The molecule has 0 saturated carbocycles. The summed E-state index contributed by atoms with van der Waals surface area (Å²) in [6.07, 6.45) is 3.55. The van der Waals surface area contributed by atoms with Crippen LogP contribution < -0.4 is 10.2 Å². The van der Waals surface area contributed by atoms with Crippen molar-refractivity contribution < 1.29 is 4.79 Å². The number of fused-ring (bicyclic) bond motifs is 1. The van der Waals surface area contributed by atoms with Crippen LogP contribution in [0.15, 0.2) is 48.8 Å². The van der Waals surface area contributed by atoms with Crippen molar-refractivity contribution in [2.75, 3.05) is 44.2 Å². The van der Waals surface area contributed by atoms with Crippen LogP contribution in [0, 0.1) is 5.92 Å². The molecule has 7 nitrogen and oxygen atoms in total. The Labute approximate surface area is 177 Å². The van der Waals surface area contributed by atoms with Crippen molar-refractivity contribution in [2.45, 2.75) is 13.8 Å². The largest absolute Gasteiger partial charge is 0.355 e. The van der Waals surface area contributed by atoms with E-state index in [2.05, 4.69) is 40.0 Å². The molecule has 0 atom stereocenters. The van der Waals surface area contributed by atoms with Gasteiger partial charge in [-0.05, 0) is 30.2 Å². The van der Waals surface area contributed by atoms with Crippen molar-refractivity contribution >= 4 is 22.6 Å². The molecule has 1 N–H and O–H groups in total. The monoisotopic (exact) mass is 404 g/mol. The highest BCUT2D eigenvalue weighted by Crippen LogP contribution is 2.28. The van der Waals surface area contributed by atoms with Gasteiger partial charge in [-0.15, -0.1) is 0 Å². The third kappa shape index (κ3) is 4.74. The molecule has 2 aromatic heterocycles. The van der Waals surface area contributed by atoms with E-state index in [1.165, 1.54) is 0 Å². The van der Waals surface area contributed by atoms with E-state index in [0.29, 0.717) is 18.3 Å². The number of carbonyl (C=O) groups excluding carboxylic acids is 1. The summed E-state index contributed by atoms with van der Waals surface area (Å²) in [6, 6.07) is 12.0. The lowest BCUT2D eigenvalue weighted by Crippen LogP contribution is -2.50. The Bertz CT molecular complexity index is 999. The number of benzene rings is 1. The fraction of sp³-hybridized carbons (Fsp3) is 0.391. The average molecular weight is 405 g/mol. The summed E-state index contributed by atoms with van der Waals surface area (Å²) in [5, 5.41) is 4.05. The van der Waals surface area contributed by atoms with Crippen LogP contribution in [0.5, 0.6) is 0 Å². The molecule has 1 aliphatic heterocycles. The Morgan fingerprint density at radius 3 is 2.60 bits per heavy atom. The van der Waals surface area contributed by atoms with E-state index in [9.17, 15) is 4.79 Å². The number of anilines is 1. The number of piperazine rings is 1. The predicted octanol–water partition coefficient (Wildman–Crippen LogP) is 2.59. The molecule has 0 bridgehead atoms. The molecular weight excluding hydrogens is 376 g/mol. The maximum absolute atomic E-state index is 12.2. The minimum absolute atomic E-state index is 0.100. The fourth-order valence-corrected chi connectivity index (χ4v) is 3.62. The van der Waals surface area contributed by atoms with Crippen molar-refractivity contribution in [3.63, 3.8) is 0 Å². The van der Waals surface area contributed by atoms with Gasteiger partial charge in [0, 0.05) is 56.1 Å². The van der Waals surface area contributed by atoms with Gasteiger partial charge in [-0.1, -0.05) is 26.0 Å². The summed E-state index contributed by atoms with van der Waals surface area (Å²) in [6.45, 7) is 8.69. The van der Waals surface area contributed by atoms with Crippen molar-refractivity contribution in [1.82, 2.24) is 25.2 Å². The van der Waals surface area contributed by atoms with Gasteiger partial charge < -0.3 is 10.2 Å². The van der Waals surface area contributed by atoms with Crippen LogP contribution in [0.3, 0.4) is 0 Å². The fourth-order valence-electron chi connectivity index (χ4n) is 3.62. The molecule has 1 aromatic carbocycles. The van der Waals surface area contributed by atoms with Crippen LogP contribution >= 0.6 is 0 Å². The Morgan fingerprint density at radius 1 is 1.07 bits per heavy atom. The van der Waals surface area contributed by atoms with Gasteiger partial charge in [-0.2, -0.15) is 0 Å². The van der Waals surface area contributed by atoms with E-state index in [-0.39, 0.29) is 5.91 Å². The van der Waals surface area contributed by atoms with Gasteiger partial charge in [0.1, 0.15) is 5.82 Å². The summed E-state index contributed by atoms with van der Waals surface area (Å²) < 4.78 is 0. The van der Waals surface area contributed by atoms with Gasteiger partial charge in [0.25, 0.3) is 0 Å². The maximum Gasteiger partial charge on any atom is 0.234 e. The molecule has 1 fully saturated rings. The molecule has 156 valence electrons. The smallest absolute Gasteiger partial charge is 0.234 e. The van der Waals surface area contributed by atoms with E-state index < -0.39 is 0 Å². The lowest BCUT2D eigenvalue weighted by Gasteiger charge is -2.35. The first kappa shape index (κ1) is 20.2. The second kappa shape index (κ2) is 9.17. The summed E-state index contributed by atoms with van der Waals surface area (Å²) in [4.78, 5) is 30.5. The Kier molecular flexibility index (Phi) is 6.18. The molecule has 1 amide bonds. The molecule has 3 heterocycles. The van der Waals surface area contributed by atoms with Crippen LogP contribution in [0.25, 0.3) is 22.3 Å². The number of rotatable bonds is 6. The highest BCUT2D eigenvalue weighted by Gasteiger charge is 2.22. The van der Waals surface area contributed by atoms with Gasteiger partial charge in [-0.3, -0.25) is 14.7 Å². The van der Waals surface area contributed by atoms with E-state index in [1.54, 1.807) is 12.4 Å². The third-order valence-corrected chi connectivity index (χ3v) is 5.25. The molecule has 0 radical (unpaired) electrons. The van der Waals surface area contributed by atoms with E-state index >= 15 is 0 Å². The number of hydrogen-bond donors (Lipinski definition) is 1. The molecule has 3 aromatic rings. The molecule has 7 heteroatoms. The van der Waals surface area contributed by atoms with Gasteiger partial charge in [0.05, 0.1) is 12.1 Å². The number of nitrogens with zero attached hydrogens (tertiary/aromatic N) is 5. The average Bonchev–Trinajstić information content (AvgIpc) is 2.78. The molecule has 4 rings (SSSR count). The lowest BCUT2D eigenvalue weighted by molar-refractivity contribution is -0.122. The SMILES string of the molecule is CC(C)CNC(=O)CN1CCN(c2nc(-c3cccnc3)nc3ccccc23)CC1. The molecule has 0 unspecified atom stereocenters. The zero-order valence-corrected chi connectivity index (χ0v) is 17.6. The number of hydrogen-bond acceptors (Lipinski definition) is 6. The van der Waals surface area contributed by atoms with Gasteiger partial charge >= 0.3 is 0 Å². The van der Waals surface area contributed by atoms with Crippen LogP contribution in [-0.2, 0) is 4.79 Å². The van der Waals surface area contributed by atoms with Crippen molar-refractivity contribution in [2.24, 2.45) is 5.92 Å². The highest BCUT2D eigenvalue weighted by molar-refractivity contribution is 5.91. The summed E-state index contributed by atoms with van der Waals surface area (Å²) >= 11 is 0. The summed E-state index contributed by atoms with van der Waals surface area (Å²) in [5.41, 5.74) is 1.84. The van der Waals surface area contributed by atoms with Crippen molar-refractivity contribution in [3.8, 4) is 11.4 Å². The van der Waals surface area contributed by atoms with Crippen LogP contribution in [0.4, 0.5) is 5.82 Å². The third-order valence-electron chi connectivity index (χ3n) is 5.25. The van der Waals surface area contributed by atoms with E-state index in [4.69, 9.17) is 9.97 Å². The number of para-hydroxylation sites is 1. The molecule has 1 aliphatic rings. The number of pyridine rings is 1. The second-order valence-corrected chi connectivity index (χ2v) is 8.09. The predicted molar refractivity (Wildman–Crippen MR) is 119 cm³/mol. The van der Waals surface area contributed by atoms with Crippen molar-refractivity contribution in [3.05, 3.63) is 48.8 Å². The zero-order chi connectivity index (χ0) is 20.9.